The molecule has 0 aromatic heterocycles. The Bertz CT molecular complexity index is 369. The summed E-state index contributed by atoms with van der Waals surface area (Å²) in [5, 5.41) is 12.9. The molecule has 13 heavy (non-hydrogen) atoms. The van der Waals surface area contributed by atoms with Crippen LogP contribution in [0.3, 0.4) is 0 Å². The number of aromatic hydroxyl groups is 1. The van der Waals surface area contributed by atoms with Crippen LogP contribution in [0, 0.1) is 0 Å². The molecule has 2 rings (SSSR count). The molecule has 1 aromatic rings. The van der Waals surface area contributed by atoms with Crippen molar-refractivity contribution in [3.63, 3.8) is 0 Å². The third kappa shape index (κ3) is 1.87. The lowest BCUT2D eigenvalue weighted by molar-refractivity contribution is 0.474. The van der Waals surface area contributed by atoms with Crippen molar-refractivity contribution in [2.75, 3.05) is 0 Å². The van der Waals surface area contributed by atoms with E-state index in [-0.39, 0.29) is 5.75 Å². The van der Waals surface area contributed by atoms with Gasteiger partial charge in [0.05, 0.1) is 11.9 Å². The summed E-state index contributed by atoms with van der Waals surface area (Å²) in [7, 11) is 0. The molecule has 1 aliphatic heterocycles. The maximum atomic E-state index is 9.21. The molecule has 1 aromatic carbocycles. The molecule has 1 radical (unpaired) electrons. The van der Waals surface area contributed by atoms with Crippen LogP contribution < -0.4 is 5.43 Å². The monoisotopic (exact) mass is 173 g/mol. The zero-order valence-corrected chi connectivity index (χ0v) is 7.01. The first-order chi connectivity index (χ1) is 6.34. The summed E-state index contributed by atoms with van der Waals surface area (Å²) in [5.74, 6) is 0.289. The minimum absolute atomic E-state index is 0.289. The fourth-order valence-corrected chi connectivity index (χ4v) is 1.23. The lowest BCUT2D eigenvalue weighted by atomic mass is 10.1. The average molecular weight is 173 g/mol. The van der Waals surface area contributed by atoms with Gasteiger partial charge in [-0.05, 0) is 23.8 Å². The molecule has 0 saturated carbocycles. The summed E-state index contributed by atoms with van der Waals surface area (Å²) in [5.41, 5.74) is 5.87. The SMILES string of the molecule is Oc1cccc(CC2=CC=N[N]2)c1. The van der Waals surface area contributed by atoms with Crippen LogP contribution in [0.25, 0.3) is 0 Å². The average Bonchev–Trinajstić information content (AvgIpc) is 2.57. The molecule has 3 nitrogen and oxygen atoms in total. The minimum atomic E-state index is 0.289. The largest absolute Gasteiger partial charge is 0.508 e. The van der Waals surface area contributed by atoms with Gasteiger partial charge in [0.2, 0.25) is 0 Å². The topological polar surface area (TPSA) is 46.7 Å². The van der Waals surface area contributed by atoms with Crippen molar-refractivity contribution in [3.8, 4) is 5.75 Å². The van der Waals surface area contributed by atoms with Crippen LogP contribution in [0.4, 0.5) is 0 Å². The molecule has 65 valence electrons. The number of phenols is 1. The standard InChI is InChI=1S/C10H9N2O/c13-10-3-1-2-8(7-10)6-9-4-5-11-12-9/h1-5,7,13H,6H2. The number of hydrogen-bond donors (Lipinski definition) is 1. The Morgan fingerprint density at radius 1 is 1.31 bits per heavy atom. The first-order valence-electron chi connectivity index (χ1n) is 4.06. The van der Waals surface area contributed by atoms with Crippen molar-refractivity contribution in [2.45, 2.75) is 6.42 Å². The van der Waals surface area contributed by atoms with E-state index in [9.17, 15) is 5.11 Å². The Morgan fingerprint density at radius 3 is 2.92 bits per heavy atom. The van der Waals surface area contributed by atoms with Gasteiger partial charge in [-0.3, -0.25) is 0 Å². The molecular formula is C10H9N2O. The summed E-state index contributed by atoms with van der Waals surface area (Å²) >= 11 is 0. The predicted octanol–water partition coefficient (Wildman–Crippen LogP) is 1.42. The lowest BCUT2D eigenvalue weighted by Gasteiger charge is -2.00. The van der Waals surface area contributed by atoms with Crippen molar-refractivity contribution in [1.29, 1.82) is 0 Å². The van der Waals surface area contributed by atoms with Gasteiger partial charge in [-0.15, -0.1) is 0 Å². The van der Waals surface area contributed by atoms with Crippen molar-refractivity contribution in [3.05, 3.63) is 41.6 Å². The van der Waals surface area contributed by atoms with Crippen LogP contribution >= 0.6 is 0 Å². The van der Waals surface area contributed by atoms with Gasteiger partial charge in [0.25, 0.3) is 0 Å². The Hall–Kier alpha value is -1.77. The van der Waals surface area contributed by atoms with Gasteiger partial charge >= 0.3 is 0 Å². The van der Waals surface area contributed by atoms with E-state index in [4.69, 9.17) is 0 Å². The van der Waals surface area contributed by atoms with Gasteiger partial charge in [0, 0.05) is 6.42 Å². The summed E-state index contributed by atoms with van der Waals surface area (Å²) < 4.78 is 0. The molecule has 0 aliphatic carbocycles. The normalized spacial score (nSPS) is 14.0. The van der Waals surface area contributed by atoms with Crippen molar-refractivity contribution in [1.82, 2.24) is 5.43 Å². The summed E-state index contributed by atoms with van der Waals surface area (Å²) in [6, 6.07) is 7.16. The maximum absolute atomic E-state index is 9.21. The fraction of sp³-hybridized carbons (Fsp3) is 0.100. The number of nitrogens with zero attached hydrogens (tertiary/aromatic N) is 2. The van der Waals surface area contributed by atoms with Crippen LogP contribution in [-0.2, 0) is 6.42 Å². The van der Waals surface area contributed by atoms with E-state index in [1.807, 2.05) is 18.2 Å². The zero-order chi connectivity index (χ0) is 9.10. The zero-order valence-electron chi connectivity index (χ0n) is 7.01. The third-order valence-electron chi connectivity index (χ3n) is 1.82. The summed E-state index contributed by atoms with van der Waals surface area (Å²) in [6.45, 7) is 0. The second kappa shape index (κ2) is 3.31. The molecule has 0 bridgehead atoms. The van der Waals surface area contributed by atoms with Gasteiger partial charge in [-0.2, -0.15) is 10.5 Å². The predicted molar refractivity (Wildman–Crippen MR) is 50.5 cm³/mol. The molecule has 0 unspecified atom stereocenters. The van der Waals surface area contributed by atoms with Crippen LogP contribution in [-0.4, -0.2) is 11.3 Å². The maximum Gasteiger partial charge on any atom is 0.115 e. The number of phenolic OH excluding ortho intramolecular Hbond substituents is 1. The Kier molecular flexibility index (Phi) is 2.00. The molecule has 1 aliphatic rings. The van der Waals surface area contributed by atoms with Crippen molar-refractivity contribution >= 4 is 6.21 Å². The van der Waals surface area contributed by atoms with E-state index in [2.05, 4.69) is 10.5 Å². The number of hydrogen-bond acceptors (Lipinski definition) is 2. The van der Waals surface area contributed by atoms with E-state index in [0.717, 1.165) is 11.3 Å². The van der Waals surface area contributed by atoms with Gasteiger partial charge in [0.1, 0.15) is 5.75 Å². The number of rotatable bonds is 2. The molecule has 3 heteroatoms. The van der Waals surface area contributed by atoms with Gasteiger partial charge in [-0.1, -0.05) is 12.1 Å². The van der Waals surface area contributed by atoms with E-state index in [0.29, 0.717) is 6.42 Å². The van der Waals surface area contributed by atoms with Gasteiger partial charge in [-0.25, -0.2) is 0 Å². The van der Waals surface area contributed by atoms with Gasteiger partial charge < -0.3 is 5.11 Å². The smallest absolute Gasteiger partial charge is 0.115 e. The summed E-state index contributed by atoms with van der Waals surface area (Å²) in [6.07, 6.45) is 4.25. The Morgan fingerprint density at radius 2 is 2.23 bits per heavy atom. The van der Waals surface area contributed by atoms with Gasteiger partial charge in [0.15, 0.2) is 0 Å². The molecule has 0 spiro atoms. The molecule has 0 atom stereocenters. The first kappa shape index (κ1) is 7.86. The third-order valence-corrected chi connectivity index (χ3v) is 1.82. The van der Waals surface area contributed by atoms with E-state index >= 15 is 0 Å². The first-order valence-corrected chi connectivity index (χ1v) is 4.06. The highest BCUT2D eigenvalue weighted by Gasteiger charge is 2.03. The minimum Gasteiger partial charge on any atom is -0.508 e. The molecule has 0 amide bonds. The van der Waals surface area contributed by atoms with Crippen molar-refractivity contribution in [2.24, 2.45) is 5.10 Å². The van der Waals surface area contributed by atoms with Crippen LogP contribution in [0.1, 0.15) is 5.56 Å². The fourth-order valence-electron chi connectivity index (χ4n) is 1.23. The quantitative estimate of drug-likeness (QED) is 0.722. The Labute approximate surface area is 76.4 Å². The second-order valence-electron chi connectivity index (χ2n) is 2.87. The van der Waals surface area contributed by atoms with Crippen LogP contribution in [0.2, 0.25) is 0 Å². The van der Waals surface area contributed by atoms with E-state index in [1.165, 1.54) is 0 Å². The van der Waals surface area contributed by atoms with E-state index < -0.39 is 0 Å². The van der Waals surface area contributed by atoms with Crippen LogP contribution in [0.15, 0.2) is 41.1 Å². The number of benzene rings is 1. The summed E-state index contributed by atoms with van der Waals surface area (Å²) in [4.78, 5) is 0. The lowest BCUT2D eigenvalue weighted by Crippen LogP contribution is -1.96. The molecule has 1 heterocycles. The van der Waals surface area contributed by atoms with Crippen molar-refractivity contribution < 1.29 is 5.11 Å². The van der Waals surface area contributed by atoms with E-state index in [1.54, 1.807) is 18.3 Å². The Balaban J connectivity index is 2.10. The molecule has 1 N–H and O–H groups in total. The second-order valence-corrected chi connectivity index (χ2v) is 2.87. The highest BCUT2D eigenvalue weighted by Crippen LogP contribution is 2.14. The molecular weight excluding hydrogens is 164 g/mol. The number of allylic oxidation sites excluding steroid dienone is 2. The molecule has 0 fully saturated rings. The highest BCUT2D eigenvalue weighted by atomic mass is 16.3. The highest BCUT2D eigenvalue weighted by molar-refractivity contribution is 5.74. The van der Waals surface area contributed by atoms with Crippen LogP contribution in [0.5, 0.6) is 5.75 Å². The molecule has 0 saturated heterocycles.